The largest absolute Gasteiger partial charge is 0.348 e. The highest BCUT2D eigenvalue weighted by Gasteiger charge is 2.27. The van der Waals surface area contributed by atoms with Gasteiger partial charge in [0.25, 0.3) is 5.91 Å². The average Bonchev–Trinajstić information content (AvgIpc) is 3.38. The van der Waals surface area contributed by atoms with Gasteiger partial charge >= 0.3 is 0 Å². The van der Waals surface area contributed by atoms with E-state index in [1.165, 1.54) is 12.1 Å². The third-order valence-electron chi connectivity index (χ3n) is 6.02. The Balaban J connectivity index is 1.52. The van der Waals surface area contributed by atoms with Gasteiger partial charge < -0.3 is 15.5 Å². The molecule has 3 aromatic heterocycles. The van der Waals surface area contributed by atoms with Crippen molar-refractivity contribution in [1.82, 2.24) is 24.6 Å². The smallest absolute Gasteiger partial charge is 0.254 e. The summed E-state index contributed by atoms with van der Waals surface area (Å²) in [5.74, 6) is 0.191. The predicted octanol–water partition coefficient (Wildman–Crippen LogP) is 4.15. The summed E-state index contributed by atoms with van der Waals surface area (Å²) in [7, 11) is 4.06. The third kappa shape index (κ3) is 3.38. The minimum atomic E-state index is -0.338. The van der Waals surface area contributed by atoms with Gasteiger partial charge in [-0.15, -0.1) is 0 Å². The number of hydrogen-bond donors (Lipinski definition) is 2. The van der Waals surface area contributed by atoms with Crippen molar-refractivity contribution in [2.24, 2.45) is 0 Å². The van der Waals surface area contributed by atoms with Crippen LogP contribution in [-0.4, -0.2) is 39.3 Å². The number of halogens is 1. The fourth-order valence-electron chi connectivity index (χ4n) is 4.01. The molecular weight excluding hydrogens is 407 g/mol. The lowest BCUT2D eigenvalue weighted by Crippen LogP contribution is -2.17. The summed E-state index contributed by atoms with van der Waals surface area (Å²) >= 11 is 0. The summed E-state index contributed by atoms with van der Waals surface area (Å²) in [5, 5.41) is 6.20. The van der Waals surface area contributed by atoms with Gasteiger partial charge in [-0.25, -0.2) is 14.4 Å². The molecule has 1 aliphatic rings. The molecule has 32 heavy (non-hydrogen) atoms. The number of amides is 1. The fourth-order valence-corrected chi connectivity index (χ4v) is 4.01. The molecule has 0 saturated carbocycles. The molecule has 0 spiro atoms. The van der Waals surface area contributed by atoms with Gasteiger partial charge in [-0.05, 0) is 50.3 Å². The Labute approximate surface area is 184 Å². The van der Waals surface area contributed by atoms with E-state index in [4.69, 9.17) is 0 Å². The van der Waals surface area contributed by atoms with Crippen molar-refractivity contribution >= 4 is 23.1 Å². The first-order valence-electron chi connectivity index (χ1n) is 10.4. The van der Waals surface area contributed by atoms with Crippen LogP contribution >= 0.6 is 0 Å². The molecule has 1 aliphatic heterocycles. The Morgan fingerprint density at radius 1 is 1.16 bits per heavy atom. The maximum Gasteiger partial charge on any atom is 0.254 e. The Morgan fingerprint density at radius 3 is 2.75 bits per heavy atom. The number of carbonyl (C=O) groups excluding carboxylic acids is 1. The highest BCUT2D eigenvalue weighted by Crippen LogP contribution is 2.35. The van der Waals surface area contributed by atoms with Crippen LogP contribution in [0.15, 0.2) is 55.0 Å². The lowest BCUT2D eigenvalue weighted by atomic mass is 9.99. The van der Waals surface area contributed by atoms with Gasteiger partial charge in [0.15, 0.2) is 0 Å². The van der Waals surface area contributed by atoms with Crippen molar-refractivity contribution in [3.05, 3.63) is 77.5 Å². The maximum absolute atomic E-state index is 13.6. The zero-order valence-corrected chi connectivity index (χ0v) is 18.1. The van der Waals surface area contributed by atoms with Crippen LogP contribution in [0.2, 0.25) is 0 Å². The molecule has 1 aromatic carbocycles. The SMILES string of the molecule is CC(c1ccc(Nc2ccc(-c3cnc4cc(F)ccn34)c3c2C(=O)NC3)nc1)N(C)C. The van der Waals surface area contributed by atoms with E-state index in [1.807, 2.05) is 49.0 Å². The van der Waals surface area contributed by atoms with Crippen LogP contribution in [0.25, 0.3) is 16.9 Å². The summed E-state index contributed by atoms with van der Waals surface area (Å²) in [6.45, 7) is 2.54. The van der Waals surface area contributed by atoms with Crippen LogP contribution in [0.3, 0.4) is 0 Å². The van der Waals surface area contributed by atoms with E-state index in [0.717, 1.165) is 22.4 Å². The van der Waals surface area contributed by atoms with E-state index in [-0.39, 0.29) is 17.8 Å². The van der Waals surface area contributed by atoms with E-state index < -0.39 is 0 Å². The minimum absolute atomic E-state index is 0.137. The molecule has 0 bridgehead atoms. The molecule has 4 aromatic rings. The number of fused-ring (bicyclic) bond motifs is 2. The number of imidazole rings is 1. The topological polar surface area (TPSA) is 74.6 Å². The summed E-state index contributed by atoms with van der Waals surface area (Å²) in [4.78, 5) is 23.6. The van der Waals surface area contributed by atoms with E-state index in [1.54, 1.807) is 12.4 Å². The fraction of sp³-hybridized carbons (Fsp3) is 0.208. The van der Waals surface area contributed by atoms with E-state index in [9.17, 15) is 9.18 Å². The molecule has 0 fully saturated rings. The molecule has 5 rings (SSSR count). The second kappa shape index (κ2) is 7.72. The van der Waals surface area contributed by atoms with Gasteiger partial charge in [-0.2, -0.15) is 0 Å². The second-order valence-corrected chi connectivity index (χ2v) is 8.15. The molecule has 7 nitrogen and oxygen atoms in total. The Morgan fingerprint density at radius 2 is 2.00 bits per heavy atom. The Kier molecular flexibility index (Phi) is 4.86. The highest BCUT2D eigenvalue weighted by atomic mass is 19.1. The zero-order chi connectivity index (χ0) is 22.4. The Bertz CT molecular complexity index is 1330. The van der Waals surface area contributed by atoms with Gasteiger partial charge in [0.1, 0.15) is 17.3 Å². The van der Waals surface area contributed by atoms with Crippen molar-refractivity contribution < 1.29 is 9.18 Å². The van der Waals surface area contributed by atoms with Crippen LogP contribution in [-0.2, 0) is 6.54 Å². The lowest BCUT2D eigenvalue weighted by molar-refractivity contribution is 0.0966. The van der Waals surface area contributed by atoms with Gasteiger partial charge in [0, 0.05) is 36.6 Å². The molecular formula is C24H23FN6O. The van der Waals surface area contributed by atoms with Crippen molar-refractivity contribution in [3.8, 4) is 11.3 Å². The second-order valence-electron chi connectivity index (χ2n) is 8.15. The average molecular weight is 430 g/mol. The first kappa shape index (κ1) is 20.1. The van der Waals surface area contributed by atoms with Crippen LogP contribution in [0.4, 0.5) is 15.9 Å². The van der Waals surface area contributed by atoms with Crippen molar-refractivity contribution in [1.29, 1.82) is 0 Å². The van der Waals surface area contributed by atoms with Gasteiger partial charge in [0.2, 0.25) is 0 Å². The van der Waals surface area contributed by atoms with Gasteiger partial charge in [-0.1, -0.05) is 12.1 Å². The number of aromatic nitrogens is 3. The number of nitrogens with one attached hydrogen (secondary N) is 2. The van der Waals surface area contributed by atoms with E-state index >= 15 is 0 Å². The molecule has 1 unspecified atom stereocenters. The van der Waals surface area contributed by atoms with Crippen molar-refractivity contribution in [2.75, 3.05) is 19.4 Å². The van der Waals surface area contributed by atoms with E-state index in [0.29, 0.717) is 29.3 Å². The monoisotopic (exact) mass is 430 g/mol. The van der Waals surface area contributed by atoms with Crippen LogP contribution in [0, 0.1) is 5.82 Å². The number of pyridine rings is 2. The summed E-state index contributed by atoms with van der Waals surface area (Å²) < 4.78 is 15.4. The number of benzene rings is 1. The molecule has 8 heteroatoms. The third-order valence-corrected chi connectivity index (χ3v) is 6.02. The van der Waals surface area contributed by atoms with Gasteiger partial charge in [-0.3, -0.25) is 9.20 Å². The number of hydrogen-bond acceptors (Lipinski definition) is 5. The molecule has 0 saturated heterocycles. The quantitative estimate of drug-likeness (QED) is 0.498. The van der Waals surface area contributed by atoms with E-state index in [2.05, 4.69) is 32.4 Å². The summed E-state index contributed by atoms with van der Waals surface area (Å²) in [5.41, 5.74) is 5.48. The molecule has 162 valence electrons. The molecule has 1 atom stereocenters. The lowest BCUT2D eigenvalue weighted by Gasteiger charge is -2.20. The predicted molar refractivity (Wildman–Crippen MR) is 121 cm³/mol. The van der Waals surface area contributed by atoms with Crippen LogP contribution in [0.1, 0.15) is 34.5 Å². The number of rotatable bonds is 5. The van der Waals surface area contributed by atoms with Crippen LogP contribution in [0.5, 0.6) is 0 Å². The molecule has 0 radical (unpaired) electrons. The first-order chi connectivity index (χ1) is 15.4. The molecule has 0 aliphatic carbocycles. The summed E-state index contributed by atoms with van der Waals surface area (Å²) in [6, 6.07) is 10.8. The number of carbonyl (C=O) groups is 1. The first-order valence-corrected chi connectivity index (χ1v) is 10.4. The van der Waals surface area contributed by atoms with Crippen LogP contribution < -0.4 is 10.6 Å². The van der Waals surface area contributed by atoms with Gasteiger partial charge in [0.05, 0.1) is 23.1 Å². The zero-order valence-electron chi connectivity index (χ0n) is 18.1. The normalized spacial score (nSPS) is 14.0. The molecule has 4 heterocycles. The summed E-state index contributed by atoms with van der Waals surface area (Å²) in [6.07, 6.45) is 5.20. The van der Waals surface area contributed by atoms with Crippen molar-refractivity contribution in [2.45, 2.75) is 19.5 Å². The molecule has 2 N–H and O–H groups in total. The Hall–Kier alpha value is -3.78. The maximum atomic E-state index is 13.6. The number of anilines is 2. The van der Waals surface area contributed by atoms with Crippen molar-refractivity contribution in [3.63, 3.8) is 0 Å². The standard InChI is InChI=1S/C24H23FN6O/c1-14(30(2)3)15-4-7-21(26-11-15)29-19-6-5-17(18-12-28-24(32)23(18)19)20-13-27-22-10-16(25)8-9-31(20)22/h4-11,13-14H,12H2,1-3H3,(H,26,29)(H,28,32). The number of nitrogens with zero attached hydrogens (tertiary/aromatic N) is 4. The minimum Gasteiger partial charge on any atom is -0.348 e. The highest BCUT2D eigenvalue weighted by molar-refractivity contribution is 6.06. The molecule has 1 amide bonds.